The Labute approximate surface area is 126 Å². The van der Waals surface area contributed by atoms with Gasteiger partial charge in [-0.2, -0.15) is 5.26 Å². The second-order valence-electron chi connectivity index (χ2n) is 6.77. The van der Waals surface area contributed by atoms with Gasteiger partial charge in [-0.1, -0.05) is 0 Å². The highest BCUT2D eigenvalue weighted by Crippen LogP contribution is 2.44. The van der Waals surface area contributed by atoms with Crippen LogP contribution in [-0.4, -0.2) is 49.2 Å². The molecule has 21 heavy (non-hydrogen) atoms. The molecule has 1 amide bonds. The van der Waals surface area contributed by atoms with E-state index in [1.54, 1.807) is 4.90 Å². The summed E-state index contributed by atoms with van der Waals surface area (Å²) in [6, 6.07) is 2.49. The first-order valence-corrected chi connectivity index (χ1v) is 8.16. The lowest BCUT2D eigenvalue weighted by Crippen LogP contribution is -2.43. The van der Waals surface area contributed by atoms with Crippen LogP contribution in [0.25, 0.3) is 0 Å². The van der Waals surface area contributed by atoms with Crippen molar-refractivity contribution in [2.24, 2.45) is 11.8 Å². The van der Waals surface area contributed by atoms with E-state index in [0.717, 1.165) is 31.2 Å². The second kappa shape index (κ2) is 6.33. The highest BCUT2D eigenvalue weighted by Gasteiger charge is 2.41. The van der Waals surface area contributed by atoms with Gasteiger partial charge in [-0.25, -0.2) is 0 Å². The van der Waals surface area contributed by atoms with Crippen molar-refractivity contribution in [2.45, 2.75) is 56.7 Å². The molecular formula is C16H25N3O2. The van der Waals surface area contributed by atoms with Gasteiger partial charge in [-0.15, -0.1) is 0 Å². The molecule has 5 atom stereocenters. The number of ether oxygens (including phenoxy) is 1. The van der Waals surface area contributed by atoms with Crippen molar-refractivity contribution in [2.75, 3.05) is 20.2 Å². The number of hydrogen-bond acceptors (Lipinski definition) is 4. The Balaban J connectivity index is 1.43. The fourth-order valence-electron chi connectivity index (χ4n) is 4.45. The number of fused-ring (bicyclic) bond motifs is 1. The molecule has 3 aliphatic rings. The summed E-state index contributed by atoms with van der Waals surface area (Å²) in [4.78, 5) is 13.9. The number of carbonyl (C=O) groups is 1. The summed E-state index contributed by atoms with van der Waals surface area (Å²) in [7, 11) is 1.81. The van der Waals surface area contributed by atoms with E-state index in [-0.39, 0.29) is 11.9 Å². The van der Waals surface area contributed by atoms with E-state index in [9.17, 15) is 4.79 Å². The Hall–Kier alpha value is -1.12. The molecular weight excluding hydrogens is 266 g/mol. The van der Waals surface area contributed by atoms with Crippen LogP contribution in [-0.2, 0) is 9.53 Å². The van der Waals surface area contributed by atoms with Crippen molar-refractivity contribution >= 4 is 5.91 Å². The monoisotopic (exact) mass is 291 g/mol. The van der Waals surface area contributed by atoms with Gasteiger partial charge in [0.25, 0.3) is 0 Å². The van der Waals surface area contributed by atoms with Crippen molar-refractivity contribution in [3.8, 4) is 6.07 Å². The number of nitrogens with one attached hydrogen (secondary N) is 1. The standard InChI is InChI=1S/C16H25N3O2/c1-21-15-7-11-5-13(6-12(11)8-15)18-10-16(20)19-4-2-3-14(19)9-17/h11-15,18H,2-8,10H2,1H3/t11-,12+,13?,14-,15?/m0/s1. The Bertz CT molecular complexity index is 420. The van der Waals surface area contributed by atoms with Crippen LogP contribution >= 0.6 is 0 Å². The maximum Gasteiger partial charge on any atom is 0.237 e. The molecule has 1 saturated heterocycles. The maximum absolute atomic E-state index is 12.2. The molecule has 116 valence electrons. The average molecular weight is 291 g/mol. The molecule has 1 heterocycles. The molecule has 2 aliphatic carbocycles. The molecule has 3 fully saturated rings. The highest BCUT2D eigenvalue weighted by molar-refractivity contribution is 5.79. The van der Waals surface area contributed by atoms with Crippen LogP contribution in [0.4, 0.5) is 0 Å². The lowest BCUT2D eigenvalue weighted by Gasteiger charge is -2.21. The summed E-state index contributed by atoms with van der Waals surface area (Å²) in [5, 5.41) is 12.5. The second-order valence-corrected chi connectivity index (χ2v) is 6.77. The first-order valence-electron chi connectivity index (χ1n) is 8.16. The van der Waals surface area contributed by atoms with Gasteiger partial charge >= 0.3 is 0 Å². The number of methoxy groups -OCH3 is 1. The van der Waals surface area contributed by atoms with Crippen LogP contribution in [0.5, 0.6) is 0 Å². The molecule has 3 rings (SSSR count). The number of nitrogens with zero attached hydrogens (tertiary/aromatic N) is 2. The fourth-order valence-corrected chi connectivity index (χ4v) is 4.45. The molecule has 1 N–H and O–H groups in total. The van der Waals surface area contributed by atoms with Crippen LogP contribution in [0.1, 0.15) is 38.5 Å². The maximum atomic E-state index is 12.2. The zero-order valence-corrected chi connectivity index (χ0v) is 12.8. The van der Waals surface area contributed by atoms with Crippen LogP contribution in [0, 0.1) is 23.2 Å². The van der Waals surface area contributed by atoms with Crippen LogP contribution < -0.4 is 5.32 Å². The predicted molar refractivity (Wildman–Crippen MR) is 78.4 cm³/mol. The normalized spacial score (nSPS) is 38.5. The highest BCUT2D eigenvalue weighted by atomic mass is 16.5. The summed E-state index contributed by atoms with van der Waals surface area (Å²) in [6.07, 6.45) is 6.92. The lowest BCUT2D eigenvalue weighted by atomic mass is 10.0. The summed E-state index contributed by atoms with van der Waals surface area (Å²) in [5.41, 5.74) is 0. The van der Waals surface area contributed by atoms with Crippen molar-refractivity contribution in [3.63, 3.8) is 0 Å². The first-order chi connectivity index (χ1) is 10.2. The molecule has 0 aromatic heterocycles. The van der Waals surface area contributed by atoms with E-state index >= 15 is 0 Å². The lowest BCUT2D eigenvalue weighted by molar-refractivity contribution is -0.130. The zero-order chi connectivity index (χ0) is 14.8. The van der Waals surface area contributed by atoms with Crippen molar-refractivity contribution in [3.05, 3.63) is 0 Å². The van der Waals surface area contributed by atoms with Gasteiger partial charge in [0.2, 0.25) is 5.91 Å². The molecule has 2 saturated carbocycles. The van der Waals surface area contributed by atoms with Gasteiger partial charge in [0.15, 0.2) is 0 Å². The van der Waals surface area contributed by atoms with E-state index in [1.165, 1.54) is 25.7 Å². The Morgan fingerprint density at radius 2 is 2.05 bits per heavy atom. The number of likely N-dealkylation sites (tertiary alicyclic amines) is 1. The van der Waals surface area contributed by atoms with Crippen molar-refractivity contribution in [1.29, 1.82) is 5.26 Å². The van der Waals surface area contributed by atoms with Crippen molar-refractivity contribution < 1.29 is 9.53 Å². The first kappa shape index (κ1) is 14.8. The van der Waals surface area contributed by atoms with E-state index in [1.807, 2.05) is 7.11 Å². The van der Waals surface area contributed by atoms with E-state index < -0.39 is 0 Å². The molecule has 0 spiro atoms. The average Bonchev–Trinajstić information content (AvgIpc) is 3.17. The largest absolute Gasteiger partial charge is 0.381 e. The quantitative estimate of drug-likeness (QED) is 0.848. The van der Waals surface area contributed by atoms with Crippen LogP contribution in [0.2, 0.25) is 0 Å². The van der Waals surface area contributed by atoms with Gasteiger partial charge in [-0.05, 0) is 50.4 Å². The van der Waals surface area contributed by atoms with Gasteiger partial charge in [0.1, 0.15) is 6.04 Å². The summed E-state index contributed by atoms with van der Waals surface area (Å²) < 4.78 is 5.46. The van der Waals surface area contributed by atoms with Crippen molar-refractivity contribution in [1.82, 2.24) is 10.2 Å². The third kappa shape index (κ3) is 3.07. The summed E-state index contributed by atoms with van der Waals surface area (Å²) in [5.74, 6) is 1.62. The molecule has 0 radical (unpaired) electrons. The molecule has 0 aromatic rings. The van der Waals surface area contributed by atoms with Gasteiger partial charge < -0.3 is 15.0 Å². The molecule has 0 bridgehead atoms. The minimum absolute atomic E-state index is 0.0888. The third-order valence-corrected chi connectivity index (χ3v) is 5.57. The van der Waals surface area contributed by atoms with Crippen LogP contribution in [0.15, 0.2) is 0 Å². The van der Waals surface area contributed by atoms with E-state index in [0.29, 0.717) is 18.7 Å². The van der Waals surface area contributed by atoms with Gasteiger partial charge in [0, 0.05) is 19.7 Å². The van der Waals surface area contributed by atoms with Gasteiger partial charge in [-0.3, -0.25) is 4.79 Å². The molecule has 5 heteroatoms. The molecule has 0 aromatic carbocycles. The summed E-state index contributed by atoms with van der Waals surface area (Å²) >= 11 is 0. The third-order valence-electron chi connectivity index (χ3n) is 5.57. The van der Waals surface area contributed by atoms with Crippen LogP contribution in [0.3, 0.4) is 0 Å². The minimum Gasteiger partial charge on any atom is -0.381 e. The Kier molecular flexibility index (Phi) is 4.46. The summed E-state index contributed by atoms with van der Waals surface area (Å²) in [6.45, 7) is 1.13. The van der Waals surface area contributed by atoms with E-state index in [2.05, 4.69) is 11.4 Å². The zero-order valence-electron chi connectivity index (χ0n) is 12.8. The molecule has 2 unspecified atom stereocenters. The SMILES string of the molecule is COC1C[C@H]2CC(NCC(=O)N3CCC[C@H]3C#N)C[C@H]2C1. The Morgan fingerprint density at radius 1 is 1.33 bits per heavy atom. The number of hydrogen-bond donors (Lipinski definition) is 1. The minimum atomic E-state index is -0.204. The smallest absolute Gasteiger partial charge is 0.237 e. The fraction of sp³-hybridized carbons (Fsp3) is 0.875. The topological polar surface area (TPSA) is 65.4 Å². The van der Waals surface area contributed by atoms with E-state index in [4.69, 9.17) is 10.00 Å². The number of carbonyl (C=O) groups excluding carboxylic acids is 1. The predicted octanol–water partition coefficient (Wildman–Crippen LogP) is 1.29. The molecule has 5 nitrogen and oxygen atoms in total. The number of rotatable bonds is 4. The number of nitriles is 1. The van der Waals surface area contributed by atoms with Gasteiger partial charge in [0.05, 0.1) is 18.7 Å². The number of amides is 1. The molecule has 1 aliphatic heterocycles. The Morgan fingerprint density at radius 3 is 2.67 bits per heavy atom.